The molecule has 0 aliphatic carbocycles. The van der Waals surface area contributed by atoms with Gasteiger partial charge < -0.3 is 18.8 Å². The Labute approximate surface area is 173 Å². The molecule has 0 spiro atoms. The number of amides is 1. The van der Waals surface area contributed by atoms with Gasteiger partial charge in [-0.1, -0.05) is 0 Å². The molecule has 1 fully saturated rings. The van der Waals surface area contributed by atoms with E-state index in [-0.39, 0.29) is 34.9 Å². The third kappa shape index (κ3) is 2.89. The van der Waals surface area contributed by atoms with Gasteiger partial charge >= 0.3 is 0 Å². The van der Waals surface area contributed by atoms with Crippen LogP contribution in [0, 0.1) is 5.92 Å². The number of fused-ring (bicyclic) bond motifs is 4. The zero-order chi connectivity index (χ0) is 20.8. The molecule has 2 bridgehead atoms. The topological polar surface area (TPSA) is 95.1 Å². The number of aryl methyl sites for hydroxylation is 1. The second kappa shape index (κ2) is 7.08. The highest BCUT2D eigenvalue weighted by atomic mass is 16.5. The molecule has 1 saturated heterocycles. The summed E-state index contributed by atoms with van der Waals surface area (Å²) in [5, 5.41) is 0. The fourth-order valence-electron chi connectivity index (χ4n) is 4.68. The largest absolute Gasteiger partial charge is 0.479 e. The molecular formula is C21H22N6O3. The number of carbonyl (C=O) groups is 1. The Morgan fingerprint density at radius 1 is 1.10 bits per heavy atom. The molecule has 2 aliphatic rings. The van der Waals surface area contributed by atoms with Crippen LogP contribution in [0.2, 0.25) is 0 Å². The lowest BCUT2D eigenvalue weighted by Gasteiger charge is -2.42. The van der Waals surface area contributed by atoms with Crippen LogP contribution in [0.4, 0.5) is 0 Å². The van der Waals surface area contributed by atoms with Crippen LogP contribution in [-0.4, -0.2) is 55.1 Å². The Hall–Kier alpha value is -3.49. The van der Waals surface area contributed by atoms with Gasteiger partial charge in [0.25, 0.3) is 11.5 Å². The van der Waals surface area contributed by atoms with Crippen molar-refractivity contribution in [1.29, 1.82) is 0 Å². The van der Waals surface area contributed by atoms with Crippen LogP contribution in [-0.2, 0) is 13.6 Å². The summed E-state index contributed by atoms with van der Waals surface area (Å²) in [6.07, 6.45) is 7.48. The average molecular weight is 406 g/mol. The summed E-state index contributed by atoms with van der Waals surface area (Å²) >= 11 is 0. The van der Waals surface area contributed by atoms with Gasteiger partial charge in [0, 0.05) is 63.1 Å². The molecule has 0 unspecified atom stereocenters. The van der Waals surface area contributed by atoms with Gasteiger partial charge in [-0.25, -0.2) is 15.0 Å². The Kier molecular flexibility index (Phi) is 4.38. The summed E-state index contributed by atoms with van der Waals surface area (Å²) in [6.45, 7) is 1.70. The van der Waals surface area contributed by atoms with Gasteiger partial charge in [-0.3, -0.25) is 9.59 Å². The highest BCUT2D eigenvalue weighted by Crippen LogP contribution is 2.36. The Morgan fingerprint density at radius 3 is 2.70 bits per heavy atom. The van der Waals surface area contributed by atoms with Crippen LogP contribution in [0.15, 0.2) is 41.7 Å². The molecular weight excluding hydrogens is 384 g/mol. The molecule has 30 heavy (non-hydrogen) atoms. The van der Waals surface area contributed by atoms with Crippen LogP contribution < -0.4 is 10.3 Å². The second-order valence-corrected chi connectivity index (χ2v) is 7.87. The van der Waals surface area contributed by atoms with Gasteiger partial charge in [0.2, 0.25) is 5.88 Å². The highest BCUT2D eigenvalue weighted by Gasteiger charge is 2.38. The number of hydrogen-bond donors (Lipinski definition) is 0. The van der Waals surface area contributed by atoms with Crippen molar-refractivity contribution in [1.82, 2.24) is 29.0 Å². The Bertz CT molecular complexity index is 1180. The Balaban J connectivity index is 1.47. The van der Waals surface area contributed by atoms with E-state index in [0.717, 1.165) is 12.1 Å². The van der Waals surface area contributed by atoms with Gasteiger partial charge in [-0.05, 0) is 24.5 Å². The van der Waals surface area contributed by atoms with E-state index in [1.165, 1.54) is 19.5 Å². The van der Waals surface area contributed by atoms with E-state index >= 15 is 0 Å². The summed E-state index contributed by atoms with van der Waals surface area (Å²) in [6, 6.07) is 3.85. The van der Waals surface area contributed by atoms with E-state index in [0.29, 0.717) is 31.0 Å². The lowest BCUT2D eigenvalue weighted by atomic mass is 9.83. The molecule has 0 saturated carbocycles. The number of hydrogen-bond acceptors (Lipinski definition) is 6. The van der Waals surface area contributed by atoms with E-state index in [2.05, 4.69) is 15.0 Å². The molecule has 154 valence electrons. The standard InChI is InChI=1S/C21H22N6O3/c1-25-8-7-23-18(25)15-3-4-16-14-9-13(11-27(16)20(15)28)10-26(12-14)21(29)17-19(30-2)24-6-5-22-17/h3-8,13-14H,9-12H2,1-2H3/t13-,14+/m0/s1. The molecule has 9 nitrogen and oxygen atoms in total. The van der Waals surface area contributed by atoms with Crippen molar-refractivity contribution in [2.75, 3.05) is 20.2 Å². The second-order valence-electron chi connectivity index (χ2n) is 7.87. The van der Waals surface area contributed by atoms with Gasteiger partial charge in [0.15, 0.2) is 5.69 Å². The first-order chi connectivity index (χ1) is 14.6. The van der Waals surface area contributed by atoms with Crippen molar-refractivity contribution in [2.24, 2.45) is 13.0 Å². The van der Waals surface area contributed by atoms with Crippen molar-refractivity contribution in [2.45, 2.75) is 18.9 Å². The number of imidazole rings is 1. The zero-order valence-corrected chi connectivity index (χ0v) is 16.9. The van der Waals surface area contributed by atoms with Crippen LogP contribution in [0.1, 0.15) is 28.5 Å². The third-order valence-corrected chi connectivity index (χ3v) is 6.01. The van der Waals surface area contributed by atoms with Crippen LogP contribution in [0.5, 0.6) is 5.88 Å². The molecule has 9 heteroatoms. The molecule has 0 N–H and O–H groups in total. The van der Waals surface area contributed by atoms with E-state index in [4.69, 9.17) is 4.74 Å². The van der Waals surface area contributed by atoms with Gasteiger partial charge in [-0.2, -0.15) is 0 Å². The number of rotatable bonds is 3. The van der Waals surface area contributed by atoms with Crippen molar-refractivity contribution in [3.8, 4) is 17.3 Å². The number of pyridine rings is 1. The maximum atomic E-state index is 13.2. The summed E-state index contributed by atoms with van der Waals surface area (Å²) < 4.78 is 8.92. The molecule has 1 amide bonds. The first-order valence-corrected chi connectivity index (χ1v) is 9.92. The molecule has 5 rings (SSSR count). The lowest BCUT2D eigenvalue weighted by molar-refractivity contribution is 0.0584. The van der Waals surface area contributed by atoms with Crippen molar-refractivity contribution in [3.63, 3.8) is 0 Å². The van der Waals surface area contributed by atoms with Gasteiger partial charge in [0.05, 0.1) is 12.7 Å². The van der Waals surface area contributed by atoms with Crippen LogP contribution in [0.25, 0.3) is 11.4 Å². The normalized spacial score (nSPS) is 20.0. The minimum absolute atomic E-state index is 0.0214. The third-order valence-electron chi connectivity index (χ3n) is 6.01. The van der Waals surface area contributed by atoms with Gasteiger partial charge in [0.1, 0.15) is 5.82 Å². The molecule has 2 atom stereocenters. The van der Waals surface area contributed by atoms with E-state index in [9.17, 15) is 9.59 Å². The number of piperidine rings is 1. The molecule has 2 aliphatic heterocycles. The maximum Gasteiger partial charge on any atom is 0.278 e. The molecule has 5 heterocycles. The minimum atomic E-state index is -0.185. The maximum absolute atomic E-state index is 13.2. The van der Waals surface area contributed by atoms with E-state index < -0.39 is 0 Å². The summed E-state index contributed by atoms with van der Waals surface area (Å²) in [4.78, 5) is 40.7. The summed E-state index contributed by atoms with van der Waals surface area (Å²) in [7, 11) is 3.36. The van der Waals surface area contributed by atoms with Crippen molar-refractivity contribution >= 4 is 5.91 Å². The SMILES string of the molecule is COc1nccnc1C(=O)N1C[C@@H]2C[C@H](C1)c1ccc(-c3nccn3C)c(=O)n1C2. The smallest absolute Gasteiger partial charge is 0.278 e. The Morgan fingerprint density at radius 2 is 1.93 bits per heavy atom. The monoisotopic (exact) mass is 406 g/mol. The van der Waals surface area contributed by atoms with E-state index in [1.807, 2.05) is 39.4 Å². The first kappa shape index (κ1) is 18.5. The zero-order valence-electron chi connectivity index (χ0n) is 16.9. The summed E-state index contributed by atoms with van der Waals surface area (Å²) in [5.41, 5.74) is 1.77. The van der Waals surface area contributed by atoms with Crippen LogP contribution in [0.3, 0.4) is 0 Å². The van der Waals surface area contributed by atoms with Crippen LogP contribution >= 0.6 is 0 Å². The average Bonchev–Trinajstić information content (AvgIpc) is 3.19. The highest BCUT2D eigenvalue weighted by molar-refractivity contribution is 5.94. The number of aromatic nitrogens is 5. The van der Waals surface area contributed by atoms with E-state index in [1.54, 1.807) is 6.20 Å². The van der Waals surface area contributed by atoms with Crippen molar-refractivity contribution < 1.29 is 9.53 Å². The molecule has 0 aromatic carbocycles. The van der Waals surface area contributed by atoms with Gasteiger partial charge in [-0.15, -0.1) is 0 Å². The number of methoxy groups -OCH3 is 1. The quantitative estimate of drug-likeness (QED) is 0.651. The molecule has 3 aromatic heterocycles. The number of nitrogens with zero attached hydrogens (tertiary/aromatic N) is 6. The number of likely N-dealkylation sites (tertiary alicyclic amines) is 1. The fourth-order valence-corrected chi connectivity index (χ4v) is 4.68. The number of carbonyl (C=O) groups excluding carboxylic acids is 1. The fraction of sp³-hybridized carbons (Fsp3) is 0.381. The summed E-state index contributed by atoms with van der Waals surface area (Å²) in [5.74, 6) is 1.02. The minimum Gasteiger partial charge on any atom is -0.479 e. The molecule has 0 radical (unpaired) electrons. The van der Waals surface area contributed by atoms with Crippen molar-refractivity contribution in [3.05, 3.63) is 58.7 Å². The lowest BCUT2D eigenvalue weighted by Crippen LogP contribution is -2.49. The predicted molar refractivity (Wildman–Crippen MR) is 108 cm³/mol. The first-order valence-electron chi connectivity index (χ1n) is 9.92. The molecule has 3 aromatic rings. The number of ether oxygens (including phenoxy) is 1. The predicted octanol–water partition coefficient (Wildman–Crippen LogP) is 1.31.